The zero-order chi connectivity index (χ0) is 11.3. The molecule has 1 aromatic rings. The van der Waals surface area contributed by atoms with E-state index in [-0.39, 0.29) is 10.6 Å². The highest BCUT2D eigenvalue weighted by molar-refractivity contribution is 5.58. The lowest BCUT2D eigenvalue weighted by Gasteiger charge is -2.19. The Labute approximate surface area is 92.2 Å². The van der Waals surface area contributed by atoms with Crippen LogP contribution < -0.4 is 10.6 Å². The molecule has 1 aliphatic heterocycles. The molecule has 2 N–H and O–H groups in total. The number of piperidine rings is 1. The van der Waals surface area contributed by atoms with Gasteiger partial charge in [0.15, 0.2) is 0 Å². The van der Waals surface area contributed by atoms with Crippen molar-refractivity contribution in [3.8, 4) is 0 Å². The van der Waals surface area contributed by atoms with Gasteiger partial charge in [-0.2, -0.15) is 0 Å². The van der Waals surface area contributed by atoms with Crippen LogP contribution in [0.15, 0.2) is 18.3 Å². The van der Waals surface area contributed by atoms with Crippen LogP contribution in [0.25, 0.3) is 0 Å². The normalized spacial score (nSPS) is 31.3. The lowest BCUT2D eigenvalue weighted by Crippen LogP contribution is -2.29. The fourth-order valence-corrected chi connectivity index (χ4v) is 2.52. The molecule has 0 bridgehead atoms. The molecular weight excluding hydrogens is 208 g/mol. The highest BCUT2D eigenvalue weighted by Crippen LogP contribution is 2.46. The van der Waals surface area contributed by atoms with Gasteiger partial charge in [-0.05, 0) is 17.9 Å². The number of fused-ring (bicyclic) bond motifs is 1. The third-order valence-electron chi connectivity index (χ3n) is 3.52. The lowest BCUT2D eigenvalue weighted by molar-refractivity contribution is -0.384. The molecule has 2 aliphatic rings. The van der Waals surface area contributed by atoms with Crippen LogP contribution in [0.2, 0.25) is 0 Å². The second-order valence-electron chi connectivity index (χ2n) is 4.41. The molecule has 16 heavy (non-hydrogen) atoms. The maximum absolute atomic E-state index is 10.8. The van der Waals surface area contributed by atoms with Crippen LogP contribution in [-0.4, -0.2) is 29.0 Å². The Balaban J connectivity index is 1.87. The molecule has 2 unspecified atom stereocenters. The lowest BCUT2D eigenvalue weighted by atomic mass is 10.3. The Morgan fingerprint density at radius 1 is 1.50 bits per heavy atom. The molecule has 6 nitrogen and oxygen atoms in total. The molecule has 2 fully saturated rings. The fourth-order valence-electron chi connectivity index (χ4n) is 2.52. The number of nitrogens with zero attached hydrogens (tertiary/aromatic N) is 3. The summed E-state index contributed by atoms with van der Waals surface area (Å²) in [6.45, 7) is 1.59. The van der Waals surface area contributed by atoms with Gasteiger partial charge in [-0.25, -0.2) is 4.98 Å². The molecule has 3 rings (SSSR count). The number of hydrogen-bond donors (Lipinski definition) is 1. The van der Waals surface area contributed by atoms with Crippen molar-refractivity contribution in [1.29, 1.82) is 0 Å². The Morgan fingerprint density at radius 3 is 2.81 bits per heavy atom. The summed E-state index contributed by atoms with van der Waals surface area (Å²) in [7, 11) is 0. The summed E-state index contributed by atoms with van der Waals surface area (Å²) in [5.41, 5.74) is 5.91. The summed E-state index contributed by atoms with van der Waals surface area (Å²) in [5, 5.41) is 10.8. The highest BCUT2D eigenvalue weighted by atomic mass is 16.6. The van der Waals surface area contributed by atoms with E-state index in [1.807, 2.05) is 4.90 Å². The molecule has 1 aromatic heterocycles. The predicted molar refractivity (Wildman–Crippen MR) is 58.1 cm³/mol. The van der Waals surface area contributed by atoms with Crippen LogP contribution in [0.4, 0.5) is 11.5 Å². The topological polar surface area (TPSA) is 85.3 Å². The molecule has 6 heteroatoms. The van der Waals surface area contributed by atoms with E-state index >= 15 is 0 Å². The highest BCUT2D eigenvalue weighted by Gasteiger charge is 2.54. The van der Waals surface area contributed by atoms with Crippen molar-refractivity contribution in [1.82, 2.24) is 4.98 Å². The van der Waals surface area contributed by atoms with Crippen molar-refractivity contribution in [2.24, 2.45) is 17.6 Å². The van der Waals surface area contributed by atoms with E-state index in [0.29, 0.717) is 23.7 Å². The van der Waals surface area contributed by atoms with Gasteiger partial charge in [-0.1, -0.05) is 0 Å². The van der Waals surface area contributed by atoms with Crippen LogP contribution in [0.5, 0.6) is 0 Å². The number of aromatic nitrogens is 1. The van der Waals surface area contributed by atoms with Crippen LogP contribution in [0.1, 0.15) is 0 Å². The first-order chi connectivity index (χ1) is 7.68. The van der Waals surface area contributed by atoms with Gasteiger partial charge < -0.3 is 10.6 Å². The third-order valence-corrected chi connectivity index (χ3v) is 3.52. The van der Waals surface area contributed by atoms with E-state index < -0.39 is 0 Å². The van der Waals surface area contributed by atoms with E-state index in [4.69, 9.17) is 5.73 Å². The Morgan fingerprint density at radius 2 is 2.19 bits per heavy atom. The van der Waals surface area contributed by atoms with E-state index in [2.05, 4.69) is 4.98 Å². The average molecular weight is 220 g/mol. The second kappa shape index (κ2) is 3.15. The Bertz CT molecular complexity index is 438. The summed E-state index contributed by atoms with van der Waals surface area (Å²) in [5.74, 6) is 1.48. The maximum Gasteiger partial charge on any atom is 0.311 e. The number of hydrogen-bond acceptors (Lipinski definition) is 5. The number of rotatable bonds is 2. The van der Waals surface area contributed by atoms with Gasteiger partial charge in [0.25, 0.3) is 0 Å². The minimum atomic E-state index is -0.383. The van der Waals surface area contributed by atoms with Crippen molar-refractivity contribution >= 4 is 11.5 Å². The first-order valence-electron chi connectivity index (χ1n) is 5.28. The quantitative estimate of drug-likeness (QED) is 0.575. The fraction of sp³-hybridized carbons (Fsp3) is 0.500. The van der Waals surface area contributed by atoms with Crippen molar-refractivity contribution in [2.45, 2.75) is 6.04 Å². The van der Waals surface area contributed by atoms with Crippen molar-refractivity contribution in [3.05, 3.63) is 28.4 Å². The van der Waals surface area contributed by atoms with E-state index in [1.54, 1.807) is 12.3 Å². The Hall–Kier alpha value is -1.69. The minimum absolute atomic E-state index is 0.0809. The summed E-state index contributed by atoms with van der Waals surface area (Å²) >= 11 is 0. The smallest absolute Gasteiger partial charge is 0.311 e. The van der Waals surface area contributed by atoms with E-state index in [0.717, 1.165) is 13.1 Å². The van der Waals surface area contributed by atoms with Crippen LogP contribution in [0.3, 0.4) is 0 Å². The monoisotopic (exact) mass is 220 g/mol. The predicted octanol–water partition coefficient (Wildman–Crippen LogP) is 0.383. The van der Waals surface area contributed by atoms with Gasteiger partial charge in [0.1, 0.15) is 0 Å². The van der Waals surface area contributed by atoms with Crippen LogP contribution in [-0.2, 0) is 0 Å². The molecule has 84 valence electrons. The summed E-state index contributed by atoms with van der Waals surface area (Å²) in [4.78, 5) is 16.5. The van der Waals surface area contributed by atoms with Crippen molar-refractivity contribution in [2.75, 3.05) is 18.0 Å². The number of nitrogens with two attached hydrogens (primary N) is 1. The third kappa shape index (κ3) is 1.26. The first-order valence-corrected chi connectivity index (χ1v) is 5.28. The molecule has 0 radical (unpaired) electrons. The number of pyridine rings is 1. The summed E-state index contributed by atoms with van der Waals surface area (Å²) in [6.07, 6.45) is 1.59. The largest absolute Gasteiger partial charge is 0.350 e. The van der Waals surface area contributed by atoms with Gasteiger partial charge in [0.2, 0.25) is 5.82 Å². The van der Waals surface area contributed by atoms with Gasteiger partial charge in [0, 0.05) is 31.4 Å². The van der Waals surface area contributed by atoms with Gasteiger partial charge in [-0.15, -0.1) is 0 Å². The zero-order valence-electron chi connectivity index (χ0n) is 8.61. The summed E-state index contributed by atoms with van der Waals surface area (Å²) in [6, 6.07) is 3.37. The molecule has 0 aromatic carbocycles. The van der Waals surface area contributed by atoms with Gasteiger partial charge in [-0.3, -0.25) is 10.1 Å². The second-order valence-corrected chi connectivity index (χ2v) is 4.41. The molecule has 1 aliphatic carbocycles. The molecule has 1 saturated carbocycles. The molecule has 2 heterocycles. The first kappa shape index (κ1) is 9.53. The van der Waals surface area contributed by atoms with Gasteiger partial charge >= 0.3 is 5.69 Å². The zero-order valence-corrected chi connectivity index (χ0v) is 8.61. The SMILES string of the molecule is NC1C2CN(c3ncccc3[N+](=O)[O-])CC12. The van der Waals surface area contributed by atoms with Gasteiger partial charge in [0.05, 0.1) is 4.92 Å². The molecule has 0 spiro atoms. The maximum atomic E-state index is 10.8. The summed E-state index contributed by atoms with van der Waals surface area (Å²) < 4.78 is 0. The van der Waals surface area contributed by atoms with E-state index in [1.165, 1.54) is 6.07 Å². The average Bonchev–Trinajstić information content (AvgIpc) is 2.75. The van der Waals surface area contributed by atoms with Crippen LogP contribution >= 0.6 is 0 Å². The molecule has 0 amide bonds. The van der Waals surface area contributed by atoms with Crippen molar-refractivity contribution < 1.29 is 4.92 Å². The van der Waals surface area contributed by atoms with E-state index in [9.17, 15) is 10.1 Å². The minimum Gasteiger partial charge on any atom is -0.350 e. The standard InChI is InChI=1S/C10H12N4O2/c11-9-6-4-13(5-7(6)9)10-8(14(15)16)2-1-3-12-10/h1-3,6-7,9H,4-5,11H2. The van der Waals surface area contributed by atoms with Crippen LogP contribution in [0, 0.1) is 22.0 Å². The van der Waals surface area contributed by atoms with Crippen molar-refractivity contribution in [3.63, 3.8) is 0 Å². The Kier molecular flexibility index (Phi) is 1.88. The molecule has 2 atom stereocenters. The molecular formula is C10H12N4O2. The molecule has 1 saturated heterocycles. The number of nitro groups is 1. The number of anilines is 1.